The molecule has 1 atom stereocenters. The Morgan fingerprint density at radius 1 is 1.10 bits per heavy atom. The number of aryl methyl sites for hydroxylation is 1. The largest absolute Gasteiger partial charge is 0.374 e. The van der Waals surface area contributed by atoms with Crippen molar-refractivity contribution in [3.8, 4) is 0 Å². The maximum Gasteiger partial charge on any atom is 0.161 e. The van der Waals surface area contributed by atoms with Crippen molar-refractivity contribution in [3.63, 3.8) is 0 Å². The van der Waals surface area contributed by atoms with Crippen molar-refractivity contribution in [3.05, 3.63) is 59.2 Å². The Morgan fingerprint density at radius 3 is 2.75 bits per heavy atom. The first-order valence-corrected chi connectivity index (χ1v) is 6.50. The van der Waals surface area contributed by atoms with Crippen molar-refractivity contribution in [2.45, 2.75) is 25.3 Å². The number of nitrogens with zero attached hydrogens (tertiary/aromatic N) is 1. The number of benzene rings is 1. The molecule has 2 aromatic rings. The van der Waals surface area contributed by atoms with Gasteiger partial charge in [0.1, 0.15) is 5.82 Å². The molecule has 20 heavy (non-hydrogen) atoms. The van der Waals surface area contributed by atoms with Crippen LogP contribution in [-0.4, -0.2) is 4.98 Å². The average Bonchev–Trinajstić information content (AvgIpc) is 2.45. The van der Waals surface area contributed by atoms with Crippen LogP contribution in [0.4, 0.5) is 18.9 Å². The number of halogens is 3. The molecule has 1 heterocycles. The third kappa shape index (κ3) is 2.35. The Labute approximate surface area is 114 Å². The second-order valence-electron chi connectivity index (χ2n) is 4.88. The summed E-state index contributed by atoms with van der Waals surface area (Å²) in [4.78, 5) is 4.31. The molecule has 1 aromatic heterocycles. The van der Waals surface area contributed by atoms with Crippen LogP contribution in [0.15, 0.2) is 30.5 Å². The van der Waals surface area contributed by atoms with Gasteiger partial charge in [-0.1, -0.05) is 6.07 Å². The summed E-state index contributed by atoms with van der Waals surface area (Å²) in [6.07, 6.45) is 4.34. The fraction of sp³-hybridized carbons (Fsp3) is 0.267. The van der Waals surface area contributed by atoms with Crippen molar-refractivity contribution >= 4 is 5.69 Å². The third-order valence-electron chi connectivity index (χ3n) is 3.53. The first-order chi connectivity index (χ1) is 9.65. The summed E-state index contributed by atoms with van der Waals surface area (Å²) in [6.45, 7) is 0. The lowest BCUT2D eigenvalue weighted by Gasteiger charge is -2.26. The van der Waals surface area contributed by atoms with E-state index in [0.717, 1.165) is 36.6 Å². The molecule has 0 amide bonds. The van der Waals surface area contributed by atoms with Crippen molar-refractivity contribution in [1.29, 1.82) is 0 Å². The number of anilines is 1. The number of hydrogen-bond donors (Lipinski definition) is 1. The van der Waals surface area contributed by atoms with Crippen LogP contribution in [0.25, 0.3) is 0 Å². The van der Waals surface area contributed by atoms with E-state index in [1.807, 2.05) is 12.1 Å². The molecule has 0 saturated heterocycles. The highest BCUT2D eigenvalue weighted by molar-refractivity contribution is 5.48. The van der Waals surface area contributed by atoms with Crippen molar-refractivity contribution in [1.82, 2.24) is 4.98 Å². The van der Waals surface area contributed by atoms with Crippen LogP contribution >= 0.6 is 0 Å². The standard InChI is InChI=1S/C15H13F3N2/c16-10-7-12(18)14(8-11(10)17)20-13-5-1-3-9-4-2-6-19-15(9)13/h2,4,6-8,13,20H,1,3,5H2. The minimum Gasteiger partial charge on any atom is -0.374 e. The number of pyridine rings is 1. The molecule has 2 nitrogen and oxygen atoms in total. The molecule has 0 aliphatic heterocycles. The molecular weight excluding hydrogens is 265 g/mol. The van der Waals surface area contributed by atoms with E-state index in [0.29, 0.717) is 6.07 Å². The quantitative estimate of drug-likeness (QED) is 0.840. The Bertz CT molecular complexity index is 643. The predicted molar refractivity (Wildman–Crippen MR) is 69.9 cm³/mol. The summed E-state index contributed by atoms with van der Waals surface area (Å²) < 4.78 is 39.8. The summed E-state index contributed by atoms with van der Waals surface area (Å²) in [6, 6.07) is 5.07. The topological polar surface area (TPSA) is 24.9 Å². The number of aromatic nitrogens is 1. The molecule has 0 fully saturated rings. The summed E-state index contributed by atoms with van der Waals surface area (Å²) >= 11 is 0. The lowest BCUT2D eigenvalue weighted by Crippen LogP contribution is -2.19. The number of rotatable bonds is 2. The van der Waals surface area contributed by atoms with Gasteiger partial charge in [-0.05, 0) is 30.9 Å². The zero-order valence-corrected chi connectivity index (χ0v) is 10.7. The van der Waals surface area contributed by atoms with Crippen LogP contribution in [0.2, 0.25) is 0 Å². The molecule has 1 aromatic carbocycles. The number of nitrogens with one attached hydrogen (secondary N) is 1. The van der Waals surface area contributed by atoms with Gasteiger partial charge in [0.25, 0.3) is 0 Å². The van der Waals surface area contributed by atoms with Gasteiger partial charge in [0.15, 0.2) is 11.6 Å². The zero-order valence-electron chi connectivity index (χ0n) is 10.7. The van der Waals surface area contributed by atoms with Crippen LogP contribution in [0, 0.1) is 17.5 Å². The van der Waals surface area contributed by atoms with Crippen LogP contribution < -0.4 is 5.32 Å². The maximum absolute atomic E-state index is 13.7. The van der Waals surface area contributed by atoms with Gasteiger partial charge in [-0.15, -0.1) is 0 Å². The molecule has 1 N–H and O–H groups in total. The Kier molecular flexibility index (Phi) is 3.34. The normalized spacial score (nSPS) is 17.6. The maximum atomic E-state index is 13.7. The van der Waals surface area contributed by atoms with E-state index in [-0.39, 0.29) is 11.7 Å². The summed E-state index contributed by atoms with van der Waals surface area (Å²) in [5.41, 5.74) is 1.93. The van der Waals surface area contributed by atoms with E-state index in [4.69, 9.17) is 0 Å². The van der Waals surface area contributed by atoms with Crippen LogP contribution in [0.1, 0.15) is 30.1 Å². The van der Waals surface area contributed by atoms with E-state index in [2.05, 4.69) is 10.3 Å². The molecule has 0 bridgehead atoms. The van der Waals surface area contributed by atoms with E-state index < -0.39 is 17.5 Å². The zero-order chi connectivity index (χ0) is 14.1. The highest BCUT2D eigenvalue weighted by Crippen LogP contribution is 2.32. The number of fused-ring (bicyclic) bond motifs is 1. The van der Waals surface area contributed by atoms with Gasteiger partial charge in [-0.2, -0.15) is 0 Å². The Morgan fingerprint density at radius 2 is 1.90 bits per heavy atom. The minimum atomic E-state index is -1.18. The van der Waals surface area contributed by atoms with E-state index in [1.54, 1.807) is 6.20 Å². The lowest BCUT2D eigenvalue weighted by molar-refractivity contribution is 0.494. The second kappa shape index (κ2) is 5.15. The third-order valence-corrected chi connectivity index (χ3v) is 3.53. The van der Waals surface area contributed by atoms with Crippen molar-refractivity contribution < 1.29 is 13.2 Å². The number of hydrogen-bond acceptors (Lipinski definition) is 2. The van der Waals surface area contributed by atoms with Crippen LogP contribution in [0.3, 0.4) is 0 Å². The molecule has 0 saturated carbocycles. The summed E-state index contributed by atoms with van der Waals surface area (Å²) in [5.74, 6) is -3.05. The van der Waals surface area contributed by atoms with E-state index in [1.165, 1.54) is 0 Å². The Balaban J connectivity index is 1.91. The van der Waals surface area contributed by atoms with Gasteiger partial charge < -0.3 is 5.32 Å². The second-order valence-corrected chi connectivity index (χ2v) is 4.88. The van der Waals surface area contributed by atoms with Gasteiger partial charge in [0.2, 0.25) is 0 Å². The Hall–Kier alpha value is -2.04. The molecule has 1 aliphatic carbocycles. The minimum absolute atomic E-state index is 0.0348. The monoisotopic (exact) mass is 278 g/mol. The van der Waals surface area contributed by atoms with Gasteiger partial charge >= 0.3 is 0 Å². The fourth-order valence-corrected chi connectivity index (χ4v) is 2.57. The first-order valence-electron chi connectivity index (χ1n) is 6.50. The summed E-state index contributed by atoms with van der Waals surface area (Å²) in [5, 5.41) is 2.93. The van der Waals surface area contributed by atoms with Crippen molar-refractivity contribution in [2.24, 2.45) is 0 Å². The highest BCUT2D eigenvalue weighted by atomic mass is 19.2. The van der Waals surface area contributed by atoms with Crippen molar-refractivity contribution in [2.75, 3.05) is 5.32 Å². The summed E-state index contributed by atoms with van der Waals surface area (Å²) in [7, 11) is 0. The average molecular weight is 278 g/mol. The lowest BCUT2D eigenvalue weighted by atomic mass is 9.92. The molecule has 0 radical (unpaired) electrons. The first kappa shape index (κ1) is 13.0. The van der Waals surface area contributed by atoms with Crippen LogP contribution in [0.5, 0.6) is 0 Å². The molecule has 5 heteroatoms. The molecule has 1 unspecified atom stereocenters. The SMILES string of the molecule is Fc1cc(F)c(NC2CCCc3cccnc32)cc1F. The molecular formula is C15H13F3N2. The molecule has 0 spiro atoms. The van der Waals surface area contributed by atoms with Gasteiger partial charge in [-0.3, -0.25) is 4.98 Å². The molecule has 104 valence electrons. The fourth-order valence-electron chi connectivity index (χ4n) is 2.57. The van der Waals surface area contributed by atoms with Gasteiger partial charge in [0.05, 0.1) is 17.4 Å². The predicted octanol–water partition coefficient (Wildman–Crippen LogP) is 3.99. The van der Waals surface area contributed by atoms with E-state index >= 15 is 0 Å². The van der Waals surface area contributed by atoms with Gasteiger partial charge in [0, 0.05) is 18.3 Å². The van der Waals surface area contributed by atoms with E-state index in [9.17, 15) is 13.2 Å². The molecule has 3 rings (SSSR count). The highest BCUT2D eigenvalue weighted by Gasteiger charge is 2.22. The van der Waals surface area contributed by atoms with Gasteiger partial charge in [-0.25, -0.2) is 13.2 Å². The smallest absolute Gasteiger partial charge is 0.161 e. The van der Waals surface area contributed by atoms with Crippen LogP contribution in [-0.2, 0) is 6.42 Å². The molecule has 1 aliphatic rings.